The molecule has 2 aromatic carbocycles. The lowest BCUT2D eigenvalue weighted by atomic mass is 10.1. The smallest absolute Gasteiger partial charge is 0.326 e. The summed E-state index contributed by atoms with van der Waals surface area (Å²) in [5.74, 6) is 0.217. The van der Waals surface area contributed by atoms with Crippen LogP contribution in [0.2, 0.25) is 0 Å². The normalized spacial score (nSPS) is 12.3. The van der Waals surface area contributed by atoms with Gasteiger partial charge in [0.2, 0.25) is 6.79 Å². The molecule has 1 aromatic heterocycles. The van der Waals surface area contributed by atoms with E-state index in [2.05, 4.69) is 9.88 Å². The average Bonchev–Trinajstić information content (AvgIpc) is 3.11. The first kappa shape index (κ1) is 19.9. The van der Waals surface area contributed by atoms with Crippen LogP contribution in [0.4, 0.5) is 0 Å². The van der Waals surface area contributed by atoms with Crippen LogP contribution in [0.1, 0.15) is 11.1 Å². The Balaban J connectivity index is 1.59. The lowest BCUT2D eigenvalue weighted by molar-refractivity contribution is -0.151. The Kier molecular flexibility index (Phi) is 6.68. The van der Waals surface area contributed by atoms with Crippen molar-refractivity contribution in [2.75, 3.05) is 27.4 Å². The number of carbonyl (C=O) groups is 1. The number of hydrogen-bond acceptors (Lipinski definition) is 5. The maximum Gasteiger partial charge on any atom is 0.326 e. The Labute approximate surface area is 165 Å². The highest BCUT2D eigenvalue weighted by molar-refractivity contribution is 5.89. The molecule has 1 heterocycles. The second-order valence-electron chi connectivity index (χ2n) is 7.07. The fourth-order valence-electron chi connectivity index (χ4n) is 3.09. The van der Waals surface area contributed by atoms with Crippen LogP contribution in [0.25, 0.3) is 10.9 Å². The van der Waals surface area contributed by atoms with Crippen LogP contribution >= 0.6 is 0 Å². The van der Waals surface area contributed by atoms with Gasteiger partial charge in [-0.1, -0.05) is 36.4 Å². The predicted molar refractivity (Wildman–Crippen MR) is 110 cm³/mol. The summed E-state index contributed by atoms with van der Waals surface area (Å²) in [6.07, 6.45) is 3.33. The second kappa shape index (κ2) is 9.39. The molecule has 0 spiro atoms. The zero-order valence-corrected chi connectivity index (χ0v) is 16.4. The van der Waals surface area contributed by atoms with E-state index >= 15 is 0 Å². The van der Waals surface area contributed by atoms with Crippen molar-refractivity contribution in [2.45, 2.75) is 18.9 Å². The average molecular weight is 381 g/mol. The molecule has 0 fully saturated rings. The van der Waals surface area contributed by atoms with Crippen LogP contribution in [0.15, 0.2) is 54.7 Å². The van der Waals surface area contributed by atoms with Gasteiger partial charge in [-0.25, -0.2) is 0 Å². The third-order valence-corrected chi connectivity index (χ3v) is 4.59. The van der Waals surface area contributed by atoms with Crippen molar-refractivity contribution in [3.8, 4) is 5.75 Å². The minimum atomic E-state index is -0.718. The topological polar surface area (TPSA) is 80.6 Å². The van der Waals surface area contributed by atoms with Crippen LogP contribution in [0.5, 0.6) is 5.75 Å². The number of hydrogen-bond donors (Lipinski definition) is 2. The summed E-state index contributed by atoms with van der Waals surface area (Å²) in [6.45, 7) is 0.767. The summed E-state index contributed by atoms with van der Waals surface area (Å²) in [5.41, 5.74) is 9.12. The number of aromatic amines is 1. The quantitative estimate of drug-likeness (QED) is 0.440. The number of nitrogens with one attached hydrogen (secondary N) is 1. The van der Waals surface area contributed by atoms with Gasteiger partial charge >= 0.3 is 5.97 Å². The molecule has 0 unspecified atom stereocenters. The van der Waals surface area contributed by atoms with Gasteiger partial charge in [-0.3, -0.25) is 4.79 Å². The Morgan fingerprint density at radius 3 is 2.68 bits per heavy atom. The van der Waals surface area contributed by atoms with Crippen LogP contribution in [-0.4, -0.2) is 49.3 Å². The summed E-state index contributed by atoms with van der Waals surface area (Å²) >= 11 is 0. The van der Waals surface area contributed by atoms with Gasteiger partial charge in [0.1, 0.15) is 11.8 Å². The third kappa shape index (κ3) is 5.12. The van der Waals surface area contributed by atoms with Gasteiger partial charge < -0.3 is 25.1 Å². The number of carbonyl (C=O) groups excluding carboxylic acids is 1. The van der Waals surface area contributed by atoms with E-state index in [0.717, 1.165) is 29.4 Å². The van der Waals surface area contributed by atoms with Crippen LogP contribution < -0.4 is 10.5 Å². The van der Waals surface area contributed by atoms with Gasteiger partial charge in [-0.15, -0.1) is 0 Å². The Morgan fingerprint density at radius 2 is 1.93 bits per heavy atom. The molecule has 0 radical (unpaired) electrons. The Bertz CT molecular complexity index is 906. The lowest BCUT2D eigenvalue weighted by Crippen LogP contribution is -2.35. The lowest BCUT2D eigenvalue weighted by Gasteiger charge is -2.14. The number of nitrogens with zero attached hydrogens (tertiary/aromatic N) is 1. The highest BCUT2D eigenvalue weighted by atomic mass is 16.7. The predicted octanol–water partition coefficient (Wildman–Crippen LogP) is 2.72. The molecular formula is C22H27N3O3. The molecule has 0 saturated carbocycles. The van der Waals surface area contributed by atoms with Crippen molar-refractivity contribution < 1.29 is 14.3 Å². The molecule has 0 saturated heterocycles. The van der Waals surface area contributed by atoms with E-state index in [1.165, 1.54) is 5.56 Å². The molecule has 3 N–H and O–H groups in total. The number of ether oxygens (including phenoxy) is 2. The van der Waals surface area contributed by atoms with E-state index in [4.69, 9.17) is 15.2 Å². The fourth-order valence-corrected chi connectivity index (χ4v) is 3.09. The van der Waals surface area contributed by atoms with Gasteiger partial charge in [-0.05, 0) is 50.2 Å². The summed E-state index contributed by atoms with van der Waals surface area (Å²) in [5, 5.41) is 1.02. The van der Waals surface area contributed by atoms with E-state index in [-0.39, 0.29) is 6.79 Å². The summed E-state index contributed by atoms with van der Waals surface area (Å²) in [4.78, 5) is 17.6. The molecule has 148 valence electrons. The SMILES string of the molecule is CN(C)CCc1c[nH]c2cccc(OCOC(=O)[C@@H](N)Cc3ccccc3)c12. The van der Waals surface area contributed by atoms with Gasteiger partial charge in [0.05, 0.1) is 0 Å². The molecule has 1 atom stereocenters. The molecule has 6 nitrogen and oxygen atoms in total. The van der Waals surface area contributed by atoms with E-state index in [1.54, 1.807) is 0 Å². The molecular weight excluding hydrogens is 354 g/mol. The molecule has 0 aliphatic carbocycles. The van der Waals surface area contributed by atoms with Gasteiger partial charge in [-0.2, -0.15) is 0 Å². The Morgan fingerprint density at radius 1 is 1.14 bits per heavy atom. The van der Waals surface area contributed by atoms with Crippen molar-refractivity contribution in [3.63, 3.8) is 0 Å². The van der Waals surface area contributed by atoms with E-state index in [0.29, 0.717) is 12.2 Å². The van der Waals surface area contributed by atoms with Crippen LogP contribution in [0, 0.1) is 0 Å². The number of H-pyrrole nitrogens is 1. The van der Waals surface area contributed by atoms with Crippen LogP contribution in [-0.2, 0) is 22.4 Å². The number of nitrogens with two attached hydrogens (primary N) is 1. The molecule has 3 aromatic rings. The first-order valence-corrected chi connectivity index (χ1v) is 9.37. The van der Waals surface area contributed by atoms with Crippen LogP contribution in [0.3, 0.4) is 0 Å². The molecule has 0 aliphatic heterocycles. The van der Waals surface area contributed by atoms with Gasteiger partial charge in [0.15, 0.2) is 0 Å². The molecule has 3 rings (SSSR count). The van der Waals surface area contributed by atoms with Crippen molar-refractivity contribution in [1.29, 1.82) is 0 Å². The van der Waals surface area contributed by atoms with E-state index < -0.39 is 12.0 Å². The summed E-state index contributed by atoms with van der Waals surface area (Å²) in [7, 11) is 4.09. The maximum atomic E-state index is 12.2. The molecule has 28 heavy (non-hydrogen) atoms. The number of fused-ring (bicyclic) bond motifs is 1. The highest BCUT2D eigenvalue weighted by Crippen LogP contribution is 2.29. The number of benzene rings is 2. The largest absolute Gasteiger partial charge is 0.457 e. The van der Waals surface area contributed by atoms with Crippen molar-refractivity contribution >= 4 is 16.9 Å². The zero-order valence-electron chi connectivity index (χ0n) is 16.4. The van der Waals surface area contributed by atoms with Gasteiger partial charge in [0.25, 0.3) is 0 Å². The minimum Gasteiger partial charge on any atom is -0.457 e. The number of aromatic nitrogens is 1. The number of likely N-dealkylation sites (N-methyl/N-ethyl adjacent to an activating group) is 1. The fraction of sp³-hybridized carbons (Fsp3) is 0.318. The van der Waals surface area contributed by atoms with E-state index in [9.17, 15) is 4.79 Å². The number of rotatable bonds is 9. The van der Waals surface area contributed by atoms with Crippen molar-refractivity contribution in [2.24, 2.45) is 5.73 Å². The molecule has 0 bridgehead atoms. The zero-order chi connectivity index (χ0) is 19.9. The number of esters is 1. The van der Waals surface area contributed by atoms with Gasteiger partial charge in [0, 0.05) is 23.6 Å². The Hall–Kier alpha value is -2.83. The van der Waals surface area contributed by atoms with Crippen molar-refractivity contribution in [1.82, 2.24) is 9.88 Å². The summed E-state index contributed by atoms with van der Waals surface area (Å²) < 4.78 is 11.0. The highest BCUT2D eigenvalue weighted by Gasteiger charge is 2.16. The first-order chi connectivity index (χ1) is 13.5. The molecule has 6 heteroatoms. The first-order valence-electron chi connectivity index (χ1n) is 9.37. The standard InChI is InChI=1S/C22H27N3O3/c1-25(2)12-11-17-14-24-19-9-6-10-20(21(17)19)27-15-28-22(26)18(23)13-16-7-4-3-5-8-16/h3-10,14,18,24H,11-13,15,23H2,1-2H3/t18-/m0/s1. The molecule has 0 amide bonds. The maximum absolute atomic E-state index is 12.2. The monoisotopic (exact) mass is 381 g/mol. The third-order valence-electron chi connectivity index (χ3n) is 4.59. The minimum absolute atomic E-state index is 0.168. The van der Waals surface area contributed by atoms with Crippen molar-refractivity contribution in [3.05, 3.63) is 65.9 Å². The second-order valence-corrected chi connectivity index (χ2v) is 7.07. The molecule has 0 aliphatic rings. The van der Waals surface area contributed by atoms with E-state index in [1.807, 2.05) is 68.8 Å². The summed E-state index contributed by atoms with van der Waals surface area (Å²) in [6, 6.07) is 14.7.